The van der Waals surface area contributed by atoms with Crippen LogP contribution in [0, 0.1) is 17.2 Å². The number of aliphatic hydroxyl groups is 1. The summed E-state index contributed by atoms with van der Waals surface area (Å²) in [6.07, 6.45) is 1.75. The number of nitrogens with one attached hydrogen (secondary N) is 1. The number of imidazole rings is 1. The van der Waals surface area contributed by atoms with Crippen LogP contribution in [0.4, 0.5) is 0 Å². The van der Waals surface area contributed by atoms with Gasteiger partial charge in [0.25, 0.3) is 5.91 Å². The number of rotatable bonds is 3. The Hall–Kier alpha value is -3.17. The highest BCUT2D eigenvalue weighted by atomic mass is 16.3. The fourth-order valence-corrected chi connectivity index (χ4v) is 3.57. The number of piperidine rings is 1. The van der Waals surface area contributed by atoms with Gasteiger partial charge in [-0.1, -0.05) is 18.2 Å². The number of fused-ring (bicyclic) bond motifs is 1. The van der Waals surface area contributed by atoms with Crippen molar-refractivity contribution in [3.05, 3.63) is 53.9 Å². The van der Waals surface area contributed by atoms with Crippen molar-refractivity contribution < 1.29 is 9.90 Å². The molecular weight excluding hydrogens is 340 g/mol. The number of likely N-dealkylation sites (tertiary alicyclic amines) is 1. The molecule has 6 heteroatoms. The molecule has 1 aliphatic rings. The molecule has 0 radical (unpaired) electrons. The van der Waals surface area contributed by atoms with E-state index in [1.165, 1.54) is 0 Å². The van der Waals surface area contributed by atoms with Crippen LogP contribution in [-0.2, 0) is 6.61 Å². The van der Waals surface area contributed by atoms with Gasteiger partial charge >= 0.3 is 0 Å². The van der Waals surface area contributed by atoms with E-state index < -0.39 is 0 Å². The lowest BCUT2D eigenvalue weighted by Gasteiger charge is -2.29. The first-order valence-corrected chi connectivity index (χ1v) is 9.07. The maximum atomic E-state index is 12.7. The molecule has 0 aliphatic carbocycles. The summed E-state index contributed by atoms with van der Waals surface area (Å²) in [6, 6.07) is 15.7. The van der Waals surface area contributed by atoms with Crippen LogP contribution in [0.5, 0.6) is 0 Å². The van der Waals surface area contributed by atoms with Gasteiger partial charge in [0.2, 0.25) is 0 Å². The van der Waals surface area contributed by atoms with E-state index in [4.69, 9.17) is 5.26 Å². The van der Waals surface area contributed by atoms with Gasteiger partial charge in [0.15, 0.2) is 0 Å². The molecule has 1 saturated heterocycles. The lowest BCUT2D eigenvalue weighted by molar-refractivity contribution is 0.0699. The smallest absolute Gasteiger partial charge is 0.253 e. The number of aromatic nitrogens is 2. The molecule has 2 heterocycles. The quantitative estimate of drug-likeness (QED) is 0.750. The molecule has 3 aromatic rings. The van der Waals surface area contributed by atoms with Crippen molar-refractivity contribution in [1.82, 2.24) is 14.9 Å². The molecular formula is C21H20N4O2. The predicted molar refractivity (Wildman–Crippen MR) is 102 cm³/mol. The Morgan fingerprint density at radius 2 is 2.04 bits per heavy atom. The summed E-state index contributed by atoms with van der Waals surface area (Å²) in [6.45, 7) is 1.10. The Morgan fingerprint density at radius 1 is 1.26 bits per heavy atom. The number of amides is 1. The van der Waals surface area contributed by atoms with Gasteiger partial charge in [-0.3, -0.25) is 4.79 Å². The zero-order valence-electron chi connectivity index (χ0n) is 14.9. The van der Waals surface area contributed by atoms with Crippen molar-refractivity contribution in [2.75, 3.05) is 13.1 Å². The average molecular weight is 360 g/mol. The van der Waals surface area contributed by atoms with E-state index in [2.05, 4.69) is 16.0 Å². The zero-order chi connectivity index (χ0) is 18.8. The molecule has 1 amide bonds. The van der Waals surface area contributed by atoms with Crippen LogP contribution in [0.1, 0.15) is 29.0 Å². The van der Waals surface area contributed by atoms with Crippen molar-refractivity contribution in [3.63, 3.8) is 0 Å². The molecule has 1 aliphatic heterocycles. The van der Waals surface area contributed by atoms with Crippen molar-refractivity contribution in [2.24, 2.45) is 5.92 Å². The molecule has 136 valence electrons. The lowest BCUT2D eigenvalue weighted by atomic mass is 9.98. The number of carbonyl (C=O) groups excluding carboxylic acids is 1. The number of H-pyrrole nitrogens is 1. The van der Waals surface area contributed by atoms with E-state index >= 15 is 0 Å². The van der Waals surface area contributed by atoms with Crippen LogP contribution in [0.2, 0.25) is 0 Å². The molecule has 4 rings (SSSR count). The third-order valence-corrected chi connectivity index (χ3v) is 5.04. The number of nitriles is 1. The molecule has 27 heavy (non-hydrogen) atoms. The number of aliphatic hydroxyl groups excluding tert-OH is 1. The van der Waals surface area contributed by atoms with E-state index in [1.807, 2.05) is 42.5 Å². The first-order valence-electron chi connectivity index (χ1n) is 9.07. The standard InChI is InChI=1S/C21H20N4O2/c22-11-14-2-1-9-25(12-14)21(27)16-5-3-15(4-6-16)17-7-8-18-19(10-17)24-20(13-26)23-18/h3-8,10,14,26H,1-2,9,12-13H2,(H,23,24)/t14-/m1/s1. The Labute approximate surface area is 157 Å². The summed E-state index contributed by atoms with van der Waals surface area (Å²) in [4.78, 5) is 21.9. The molecule has 1 fully saturated rings. The number of benzene rings is 2. The monoisotopic (exact) mass is 360 g/mol. The molecule has 0 unspecified atom stereocenters. The second-order valence-electron chi connectivity index (χ2n) is 6.87. The Morgan fingerprint density at radius 3 is 2.78 bits per heavy atom. The Balaban J connectivity index is 1.55. The van der Waals surface area contributed by atoms with Gasteiger partial charge in [-0.15, -0.1) is 0 Å². The van der Waals surface area contributed by atoms with E-state index in [9.17, 15) is 9.90 Å². The highest BCUT2D eigenvalue weighted by Gasteiger charge is 2.24. The SMILES string of the molecule is N#C[C@H]1CCCN(C(=O)c2ccc(-c3ccc4nc(CO)[nH]c4c3)cc2)C1. The highest BCUT2D eigenvalue weighted by molar-refractivity contribution is 5.95. The fourth-order valence-electron chi connectivity index (χ4n) is 3.57. The zero-order valence-corrected chi connectivity index (χ0v) is 14.9. The van der Waals surface area contributed by atoms with Crippen molar-refractivity contribution in [3.8, 4) is 17.2 Å². The minimum Gasteiger partial charge on any atom is -0.388 e. The van der Waals surface area contributed by atoms with Gasteiger partial charge in [-0.05, 0) is 48.2 Å². The average Bonchev–Trinajstić information content (AvgIpc) is 3.16. The second-order valence-corrected chi connectivity index (χ2v) is 6.87. The summed E-state index contributed by atoms with van der Waals surface area (Å²) >= 11 is 0. The van der Waals surface area contributed by atoms with Crippen LogP contribution in [-0.4, -0.2) is 39.0 Å². The van der Waals surface area contributed by atoms with Crippen molar-refractivity contribution in [1.29, 1.82) is 5.26 Å². The number of carbonyl (C=O) groups is 1. The van der Waals surface area contributed by atoms with Gasteiger partial charge in [0.05, 0.1) is 23.0 Å². The largest absolute Gasteiger partial charge is 0.388 e. The Kier molecular flexibility index (Phi) is 4.61. The van der Waals surface area contributed by atoms with Crippen molar-refractivity contribution >= 4 is 16.9 Å². The number of hydrogen-bond donors (Lipinski definition) is 2. The topological polar surface area (TPSA) is 93.0 Å². The maximum Gasteiger partial charge on any atom is 0.253 e. The van der Waals surface area contributed by atoms with E-state index in [1.54, 1.807) is 4.90 Å². The second kappa shape index (κ2) is 7.22. The first-order chi connectivity index (χ1) is 13.2. The van der Waals surface area contributed by atoms with Crippen LogP contribution in [0.15, 0.2) is 42.5 Å². The Bertz CT molecular complexity index is 1020. The molecule has 0 saturated carbocycles. The summed E-state index contributed by atoms with van der Waals surface area (Å²) in [5.74, 6) is 0.463. The normalized spacial score (nSPS) is 17.0. The van der Waals surface area contributed by atoms with E-state index in [0.29, 0.717) is 24.5 Å². The number of hydrogen-bond acceptors (Lipinski definition) is 4. The highest BCUT2D eigenvalue weighted by Crippen LogP contribution is 2.25. The minimum absolute atomic E-state index is 0.0156. The van der Waals surface area contributed by atoms with Crippen LogP contribution in [0.3, 0.4) is 0 Å². The minimum atomic E-state index is -0.121. The van der Waals surface area contributed by atoms with Crippen LogP contribution >= 0.6 is 0 Å². The van der Waals surface area contributed by atoms with Gasteiger partial charge in [0, 0.05) is 18.7 Å². The summed E-state index contributed by atoms with van der Waals surface area (Å²) in [5.41, 5.74) is 4.33. The van der Waals surface area contributed by atoms with Crippen LogP contribution in [0.25, 0.3) is 22.2 Å². The predicted octanol–water partition coefficient (Wildman–Crippen LogP) is 3.10. The third-order valence-electron chi connectivity index (χ3n) is 5.04. The van der Waals surface area contributed by atoms with E-state index in [-0.39, 0.29) is 18.4 Å². The fraction of sp³-hybridized carbons (Fsp3) is 0.286. The molecule has 1 aromatic heterocycles. The van der Waals surface area contributed by atoms with Gasteiger partial charge in [-0.25, -0.2) is 4.98 Å². The summed E-state index contributed by atoms with van der Waals surface area (Å²) < 4.78 is 0. The van der Waals surface area contributed by atoms with Crippen LogP contribution < -0.4 is 0 Å². The molecule has 0 spiro atoms. The first kappa shape index (κ1) is 17.3. The molecule has 6 nitrogen and oxygen atoms in total. The van der Waals surface area contributed by atoms with Crippen molar-refractivity contribution in [2.45, 2.75) is 19.4 Å². The number of nitrogens with zero attached hydrogens (tertiary/aromatic N) is 3. The molecule has 2 aromatic carbocycles. The molecule has 1 atom stereocenters. The number of aromatic amines is 1. The lowest BCUT2D eigenvalue weighted by Crippen LogP contribution is -2.39. The van der Waals surface area contributed by atoms with Gasteiger partial charge < -0.3 is 15.0 Å². The maximum absolute atomic E-state index is 12.7. The third kappa shape index (κ3) is 3.42. The molecule has 0 bridgehead atoms. The van der Waals surface area contributed by atoms with Gasteiger partial charge in [-0.2, -0.15) is 5.26 Å². The summed E-state index contributed by atoms with van der Waals surface area (Å²) in [7, 11) is 0. The van der Waals surface area contributed by atoms with Gasteiger partial charge in [0.1, 0.15) is 12.4 Å². The summed E-state index contributed by atoms with van der Waals surface area (Å²) in [5, 5.41) is 18.3. The molecule has 2 N–H and O–H groups in total. The van der Waals surface area contributed by atoms with E-state index in [0.717, 1.165) is 35.0 Å².